The van der Waals surface area contributed by atoms with E-state index in [1.54, 1.807) is 11.3 Å². The van der Waals surface area contributed by atoms with Crippen molar-refractivity contribution in [3.63, 3.8) is 0 Å². The predicted octanol–water partition coefficient (Wildman–Crippen LogP) is 3.46. The summed E-state index contributed by atoms with van der Waals surface area (Å²) < 4.78 is 5.35. The lowest BCUT2D eigenvalue weighted by Crippen LogP contribution is -2.48. The third-order valence-corrected chi connectivity index (χ3v) is 5.66. The molecule has 142 valence electrons. The Balaban J connectivity index is 1.33. The average molecular weight is 377 g/mol. The van der Waals surface area contributed by atoms with Crippen molar-refractivity contribution in [3.05, 3.63) is 23.4 Å². The second kappa shape index (κ2) is 9.83. The molecule has 26 heavy (non-hydrogen) atoms. The standard InChI is InChI=1S/C19H28N4O2S/c1-2-3-4-9-18(24)23-13-11-22(12-14-23)10-5-8-17-20-19(21-25-17)16-7-6-15-26-16/h6-7,15H,2-5,8-14H2,1H3. The zero-order chi connectivity index (χ0) is 18.2. The van der Waals surface area contributed by atoms with Gasteiger partial charge in [-0.2, -0.15) is 4.98 Å². The van der Waals surface area contributed by atoms with Crippen LogP contribution in [0.3, 0.4) is 0 Å². The molecule has 0 radical (unpaired) electrons. The van der Waals surface area contributed by atoms with E-state index < -0.39 is 0 Å². The highest BCUT2D eigenvalue weighted by molar-refractivity contribution is 7.13. The molecule has 1 aliphatic rings. The Morgan fingerprint density at radius 1 is 1.23 bits per heavy atom. The summed E-state index contributed by atoms with van der Waals surface area (Å²) >= 11 is 1.62. The number of unbranched alkanes of at least 4 members (excludes halogenated alkanes) is 2. The molecule has 2 aromatic heterocycles. The number of carbonyl (C=O) groups is 1. The third-order valence-electron chi connectivity index (χ3n) is 4.79. The van der Waals surface area contributed by atoms with E-state index in [2.05, 4.69) is 22.0 Å². The topological polar surface area (TPSA) is 62.5 Å². The maximum absolute atomic E-state index is 12.2. The SMILES string of the molecule is CCCCCC(=O)N1CCN(CCCc2nc(-c3cccs3)no2)CC1. The van der Waals surface area contributed by atoms with Gasteiger partial charge in [-0.1, -0.05) is 31.0 Å². The monoisotopic (exact) mass is 376 g/mol. The molecule has 0 saturated carbocycles. The Bertz CT molecular complexity index is 663. The highest BCUT2D eigenvalue weighted by Crippen LogP contribution is 2.21. The molecule has 7 heteroatoms. The number of aromatic nitrogens is 2. The molecule has 3 heterocycles. The van der Waals surface area contributed by atoms with Crippen LogP contribution >= 0.6 is 11.3 Å². The van der Waals surface area contributed by atoms with Gasteiger partial charge < -0.3 is 9.42 Å². The normalized spacial score (nSPS) is 15.5. The Kier molecular flexibility index (Phi) is 7.20. The minimum absolute atomic E-state index is 0.324. The number of hydrogen-bond acceptors (Lipinski definition) is 6. The average Bonchev–Trinajstić information content (AvgIpc) is 3.34. The lowest BCUT2D eigenvalue weighted by Gasteiger charge is -2.34. The molecule has 1 saturated heterocycles. The van der Waals surface area contributed by atoms with Gasteiger partial charge in [-0.15, -0.1) is 11.3 Å². The van der Waals surface area contributed by atoms with Crippen molar-refractivity contribution in [1.82, 2.24) is 19.9 Å². The van der Waals surface area contributed by atoms with Gasteiger partial charge in [-0.05, 0) is 30.8 Å². The van der Waals surface area contributed by atoms with Crippen LogP contribution in [-0.2, 0) is 11.2 Å². The number of nitrogens with zero attached hydrogens (tertiary/aromatic N) is 4. The minimum atomic E-state index is 0.324. The van der Waals surface area contributed by atoms with Gasteiger partial charge >= 0.3 is 0 Å². The molecule has 0 unspecified atom stereocenters. The van der Waals surface area contributed by atoms with Gasteiger partial charge in [0, 0.05) is 39.0 Å². The van der Waals surface area contributed by atoms with Crippen LogP contribution < -0.4 is 0 Å². The molecule has 6 nitrogen and oxygen atoms in total. The van der Waals surface area contributed by atoms with Crippen molar-refractivity contribution < 1.29 is 9.32 Å². The largest absolute Gasteiger partial charge is 0.340 e. The summed E-state index contributed by atoms with van der Waals surface area (Å²) in [6, 6.07) is 3.99. The van der Waals surface area contributed by atoms with Crippen molar-refractivity contribution in [1.29, 1.82) is 0 Å². The lowest BCUT2D eigenvalue weighted by molar-refractivity contribution is -0.133. The summed E-state index contributed by atoms with van der Waals surface area (Å²) in [6.45, 7) is 6.81. The van der Waals surface area contributed by atoms with Crippen molar-refractivity contribution in [2.24, 2.45) is 0 Å². The zero-order valence-electron chi connectivity index (χ0n) is 15.5. The van der Waals surface area contributed by atoms with Crippen LogP contribution in [0.25, 0.3) is 10.7 Å². The molecule has 3 rings (SSSR count). The second-order valence-electron chi connectivity index (χ2n) is 6.77. The molecule has 0 bridgehead atoms. The molecule has 0 aromatic carbocycles. The fraction of sp³-hybridized carbons (Fsp3) is 0.632. The van der Waals surface area contributed by atoms with Gasteiger partial charge in [-0.25, -0.2) is 0 Å². The van der Waals surface area contributed by atoms with E-state index in [0.29, 0.717) is 24.0 Å². The number of amides is 1. The van der Waals surface area contributed by atoms with Gasteiger partial charge in [-0.3, -0.25) is 9.69 Å². The quantitative estimate of drug-likeness (QED) is 0.627. The highest BCUT2D eigenvalue weighted by atomic mass is 32.1. The first-order valence-electron chi connectivity index (χ1n) is 9.63. The minimum Gasteiger partial charge on any atom is -0.340 e. The molecule has 0 N–H and O–H groups in total. The van der Waals surface area contributed by atoms with Gasteiger partial charge in [0.2, 0.25) is 17.6 Å². The van der Waals surface area contributed by atoms with Crippen molar-refractivity contribution >= 4 is 17.2 Å². The summed E-state index contributed by atoms with van der Waals surface area (Å²) in [5, 5.41) is 6.06. The van der Waals surface area contributed by atoms with Gasteiger partial charge in [0.25, 0.3) is 0 Å². The second-order valence-corrected chi connectivity index (χ2v) is 7.72. The van der Waals surface area contributed by atoms with E-state index >= 15 is 0 Å². The van der Waals surface area contributed by atoms with E-state index in [-0.39, 0.29) is 0 Å². The summed E-state index contributed by atoms with van der Waals surface area (Å²) in [5.41, 5.74) is 0. The Morgan fingerprint density at radius 3 is 2.81 bits per heavy atom. The maximum atomic E-state index is 12.2. The number of rotatable bonds is 9. The molecule has 1 aliphatic heterocycles. The molecule has 1 fully saturated rings. The number of piperazine rings is 1. The first-order chi connectivity index (χ1) is 12.8. The number of carbonyl (C=O) groups excluding carboxylic acids is 1. The van der Waals surface area contributed by atoms with Crippen LogP contribution in [0.15, 0.2) is 22.0 Å². The number of aryl methyl sites for hydroxylation is 1. The van der Waals surface area contributed by atoms with Crippen molar-refractivity contribution in [2.75, 3.05) is 32.7 Å². The maximum Gasteiger partial charge on any atom is 0.227 e. The van der Waals surface area contributed by atoms with Gasteiger partial charge in [0.1, 0.15) is 0 Å². The highest BCUT2D eigenvalue weighted by Gasteiger charge is 2.20. The Hall–Kier alpha value is -1.73. The fourth-order valence-corrected chi connectivity index (χ4v) is 3.87. The third kappa shape index (κ3) is 5.38. The molecule has 2 aromatic rings. The predicted molar refractivity (Wildman–Crippen MR) is 103 cm³/mol. The van der Waals surface area contributed by atoms with E-state index in [4.69, 9.17) is 4.52 Å². The van der Waals surface area contributed by atoms with Crippen LogP contribution in [0.4, 0.5) is 0 Å². The summed E-state index contributed by atoms with van der Waals surface area (Å²) in [6.07, 6.45) is 5.83. The molecule has 0 atom stereocenters. The van der Waals surface area contributed by atoms with Crippen molar-refractivity contribution in [2.45, 2.75) is 45.4 Å². The van der Waals surface area contributed by atoms with Crippen LogP contribution in [0, 0.1) is 0 Å². The van der Waals surface area contributed by atoms with E-state index in [9.17, 15) is 4.79 Å². The van der Waals surface area contributed by atoms with E-state index in [1.807, 2.05) is 22.4 Å². The van der Waals surface area contributed by atoms with Crippen LogP contribution in [0.1, 0.15) is 44.9 Å². The van der Waals surface area contributed by atoms with Crippen molar-refractivity contribution in [3.8, 4) is 10.7 Å². The summed E-state index contributed by atoms with van der Waals surface area (Å²) in [7, 11) is 0. The molecular formula is C19H28N4O2S. The molecule has 1 amide bonds. The first kappa shape index (κ1) is 19.0. The molecule has 0 aliphatic carbocycles. The summed E-state index contributed by atoms with van der Waals surface area (Å²) in [5.74, 6) is 1.72. The van der Waals surface area contributed by atoms with Gasteiger partial charge in [0.15, 0.2) is 0 Å². The van der Waals surface area contributed by atoms with E-state index in [1.165, 1.54) is 0 Å². The summed E-state index contributed by atoms with van der Waals surface area (Å²) in [4.78, 5) is 22.1. The van der Waals surface area contributed by atoms with Crippen LogP contribution in [0.2, 0.25) is 0 Å². The first-order valence-corrected chi connectivity index (χ1v) is 10.5. The number of thiophene rings is 1. The molecular weight excluding hydrogens is 348 g/mol. The molecule has 0 spiro atoms. The fourth-order valence-electron chi connectivity index (χ4n) is 3.22. The van der Waals surface area contributed by atoms with Crippen LogP contribution in [0.5, 0.6) is 0 Å². The zero-order valence-corrected chi connectivity index (χ0v) is 16.3. The Labute approximate surface area is 159 Å². The van der Waals surface area contributed by atoms with Crippen LogP contribution in [-0.4, -0.2) is 58.6 Å². The Morgan fingerprint density at radius 2 is 2.08 bits per heavy atom. The van der Waals surface area contributed by atoms with E-state index in [0.717, 1.165) is 69.7 Å². The van der Waals surface area contributed by atoms with Gasteiger partial charge in [0.05, 0.1) is 4.88 Å². The number of hydrogen-bond donors (Lipinski definition) is 0. The lowest BCUT2D eigenvalue weighted by atomic mass is 10.2. The smallest absolute Gasteiger partial charge is 0.227 e.